The van der Waals surface area contributed by atoms with Gasteiger partial charge in [-0.15, -0.1) is 0 Å². The van der Waals surface area contributed by atoms with Crippen LogP contribution in [0, 0.1) is 11.3 Å². The Bertz CT molecular complexity index is 835. The maximum Gasteiger partial charge on any atom is 0.274 e. The SMILES string of the molecule is N#Cc1cccc(NC(=O)c2cccc(C(=O)NC3CCCC3)n2)c1. The molecule has 1 aromatic carbocycles. The third-order valence-corrected chi connectivity index (χ3v) is 4.15. The summed E-state index contributed by atoms with van der Waals surface area (Å²) in [5.41, 5.74) is 1.34. The highest BCUT2D eigenvalue weighted by atomic mass is 16.2. The van der Waals surface area contributed by atoms with Crippen LogP contribution >= 0.6 is 0 Å². The molecule has 0 spiro atoms. The number of carbonyl (C=O) groups excluding carboxylic acids is 2. The molecule has 6 heteroatoms. The Balaban J connectivity index is 1.70. The molecule has 2 N–H and O–H groups in total. The van der Waals surface area contributed by atoms with Gasteiger partial charge in [0.25, 0.3) is 11.8 Å². The van der Waals surface area contributed by atoms with Crippen molar-refractivity contribution in [2.45, 2.75) is 31.7 Å². The first-order valence-electron chi connectivity index (χ1n) is 8.25. The van der Waals surface area contributed by atoms with Crippen molar-refractivity contribution in [2.24, 2.45) is 0 Å². The minimum Gasteiger partial charge on any atom is -0.348 e. The quantitative estimate of drug-likeness (QED) is 0.899. The third kappa shape index (κ3) is 4.21. The molecule has 6 nitrogen and oxygen atoms in total. The summed E-state index contributed by atoms with van der Waals surface area (Å²) in [6.07, 6.45) is 4.23. The van der Waals surface area contributed by atoms with E-state index in [9.17, 15) is 9.59 Å². The van der Waals surface area contributed by atoms with E-state index in [1.165, 1.54) is 0 Å². The summed E-state index contributed by atoms with van der Waals surface area (Å²) < 4.78 is 0. The van der Waals surface area contributed by atoms with Gasteiger partial charge in [0, 0.05) is 11.7 Å². The molecule has 2 aromatic rings. The molecular formula is C19H18N4O2. The summed E-state index contributed by atoms with van der Waals surface area (Å²) in [7, 11) is 0. The fraction of sp³-hybridized carbons (Fsp3) is 0.263. The molecule has 25 heavy (non-hydrogen) atoms. The number of amides is 2. The van der Waals surface area contributed by atoms with E-state index in [0.717, 1.165) is 25.7 Å². The molecule has 0 saturated heterocycles. The standard InChI is InChI=1S/C19H18N4O2/c20-12-13-5-3-8-15(11-13)22-19(25)17-10-4-9-16(23-17)18(24)21-14-6-1-2-7-14/h3-5,8-11,14H,1-2,6-7H2,(H,21,24)(H,22,25). The van der Waals surface area contributed by atoms with E-state index in [1.807, 2.05) is 6.07 Å². The highest BCUT2D eigenvalue weighted by Gasteiger charge is 2.19. The van der Waals surface area contributed by atoms with E-state index in [4.69, 9.17) is 5.26 Å². The summed E-state index contributed by atoms with van der Waals surface area (Å²) in [5, 5.41) is 14.6. The second-order valence-electron chi connectivity index (χ2n) is 6.01. The Morgan fingerprint density at radius 3 is 2.44 bits per heavy atom. The van der Waals surface area contributed by atoms with Crippen molar-refractivity contribution < 1.29 is 9.59 Å². The number of carbonyl (C=O) groups is 2. The maximum atomic E-state index is 12.3. The highest BCUT2D eigenvalue weighted by molar-refractivity contribution is 6.03. The van der Waals surface area contributed by atoms with Crippen LogP contribution in [0.3, 0.4) is 0 Å². The molecular weight excluding hydrogens is 316 g/mol. The van der Waals surface area contributed by atoms with Crippen LogP contribution in [0.1, 0.15) is 52.2 Å². The van der Waals surface area contributed by atoms with E-state index in [-0.39, 0.29) is 23.3 Å². The Labute approximate surface area is 145 Å². The molecule has 1 saturated carbocycles. The van der Waals surface area contributed by atoms with Gasteiger partial charge in [-0.3, -0.25) is 9.59 Å². The molecule has 1 fully saturated rings. The summed E-state index contributed by atoms with van der Waals surface area (Å²) >= 11 is 0. The number of nitrogens with one attached hydrogen (secondary N) is 2. The molecule has 0 aliphatic heterocycles. The van der Waals surface area contributed by atoms with Crippen LogP contribution in [-0.4, -0.2) is 22.8 Å². The minimum atomic E-state index is -0.425. The predicted molar refractivity (Wildman–Crippen MR) is 93.1 cm³/mol. The van der Waals surface area contributed by atoms with Crippen molar-refractivity contribution in [3.05, 3.63) is 59.4 Å². The van der Waals surface area contributed by atoms with Gasteiger partial charge in [-0.1, -0.05) is 25.0 Å². The molecule has 1 aliphatic carbocycles. The number of benzene rings is 1. The van der Waals surface area contributed by atoms with E-state index in [0.29, 0.717) is 11.3 Å². The number of hydrogen-bond donors (Lipinski definition) is 2. The van der Waals surface area contributed by atoms with Gasteiger partial charge in [0.15, 0.2) is 0 Å². The van der Waals surface area contributed by atoms with Gasteiger partial charge >= 0.3 is 0 Å². The number of aromatic nitrogens is 1. The van der Waals surface area contributed by atoms with Crippen molar-refractivity contribution >= 4 is 17.5 Å². The monoisotopic (exact) mass is 334 g/mol. The number of nitriles is 1. The second kappa shape index (κ2) is 7.58. The van der Waals surface area contributed by atoms with Crippen LogP contribution < -0.4 is 10.6 Å². The second-order valence-corrected chi connectivity index (χ2v) is 6.01. The molecule has 3 rings (SSSR count). The van der Waals surface area contributed by atoms with Gasteiger partial charge in [-0.2, -0.15) is 5.26 Å². The van der Waals surface area contributed by atoms with Gasteiger partial charge in [-0.05, 0) is 43.2 Å². The van der Waals surface area contributed by atoms with Gasteiger partial charge < -0.3 is 10.6 Å². The normalized spacial score (nSPS) is 13.9. The summed E-state index contributed by atoms with van der Waals surface area (Å²) in [5.74, 6) is -0.682. The molecule has 2 amide bonds. The average molecular weight is 334 g/mol. The number of anilines is 1. The van der Waals surface area contributed by atoms with Gasteiger partial charge in [0.05, 0.1) is 11.6 Å². The zero-order valence-corrected chi connectivity index (χ0v) is 13.7. The first kappa shape index (κ1) is 16.7. The van der Waals surface area contributed by atoms with Crippen LogP contribution in [0.5, 0.6) is 0 Å². The van der Waals surface area contributed by atoms with Gasteiger partial charge in [-0.25, -0.2) is 4.98 Å². The lowest BCUT2D eigenvalue weighted by atomic mass is 10.2. The Morgan fingerprint density at radius 1 is 1.04 bits per heavy atom. The molecule has 1 aliphatic rings. The summed E-state index contributed by atoms with van der Waals surface area (Å²) in [6.45, 7) is 0. The van der Waals surface area contributed by atoms with Crippen LogP contribution in [0.15, 0.2) is 42.5 Å². The zero-order valence-electron chi connectivity index (χ0n) is 13.7. The van der Waals surface area contributed by atoms with Gasteiger partial charge in [0.1, 0.15) is 11.4 Å². The van der Waals surface area contributed by atoms with Crippen molar-refractivity contribution in [3.8, 4) is 6.07 Å². The largest absolute Gasteiger partial charge is 0.348 e. The van der Waals surface area contributed by atoms with E-state index in [2.05, 4.69) is 15.6 Å². The van der Waals surface area contributed by atoms with E-state index in [1.54, 1.807) is 42.5 Å². The Kier molecular flexibility index (Phi) is 5.05. The first-order chi connectivity index (χ1) is 12.2. The topological polar surface area (TPSA) is 94.9 Å². The van der Waals surface area contributed by atoms with Gasteiger partial charge in [0.2, 0.25) is 0 Å². The fourth-order valence-electron chi connectivity index (χ4n) is 2.88. The molecule has 0 bridgehead atoms. The molecule has 1 aromatic heterocycles. The Hall–Kier alpha value is -3.20. The lowest BCUT2D eigenvalue weighted by molar-refractivity contribution is 0.0932. The maximum absolute atomic E-state index is 12.3. The van der Waals surface area contributed by atoms with Crippen LogP contribution in [-0.2, 0) is 0 Å². The van der Waals surface area contributed by atoms with Crippen LogP contribution in [0.25, 0.3) is 0 Å². The molecule has 126 valence electrons. The lowest BCUT2D eigenvalue weighted by Crippen LogP contribution is -2.33. The third-order valence-electron chi connectivity index (χ3n) is 4.15. The molecule has 0 radical (unpaired) electrons. The number of pyridine rings is 1. The molecule has 1 heterocycles. The summed E-state index contributed by atoms with van der Waals surface area (Å²) in [4.78, 5) is 28.8. The average Bonchev–Trinajstić information content (AvgIpc) is 3.15. The number of hydrogen-bond acceptors (Lipinski definition) is 4. The molecule has 0 unspecified atom stereocenters. The zero-order chi connectivity index (χ0) is 17.6. The van der Waals surface area contributed by atoms with Crippen molar-refractivity contribution in [3.63, 3.8) is 0 Å². The fourth-order valence-corrected chi connectivity index (χ4v) is 2.88. The van der Waals surface area contributed by atoms with Crippen molar-refractivity contribution in [1.29, 1.82) is 5.26 Å². The predicted octanol–water partition coefficient (Wildman–Crippen LogP) is 2.88. The van der Waals surface area contributed by atoms with Crippen molar-refractivity contribution in [2.75, 3.05) is 5.32 Å². The lowest BCUT2D eigenvalue weighted by Gasteiger charge is -2.12. The van der Waals surface area contributed by atoms with Crippen molar-refractivity contribution in [1.82, 2.24) is 10.3 Å². The number of rotatable bonds is 4. The minimum absolute atomic E-state index is 0.154. The van der Waals surface area contributed by atoms with Crippen LogP contribution in [0.4, 0.5) is 5.69 Å². The highest BCUT2D eigenvalue weighted by Crippen LogP contribution is 2.18. The Morgan fingerprint density at radius 2 is 1.72 bits per heavy atom. The smallest absolute Gasteiger partial charge is 0.274 e. The van der Waals surface area contributed by atoms with E-state index >= 15 is 0 Å². The number of nitrogens with zero attached hydrogens (tertiary/aromatic N) is 2. The summed E-state index contributed by atoms with van der Waals surface area (Å²) in [6, 6.07) is 13.6. The van der Waals surface area contributed by atoms with E-state index < -0.39 is 5.91 Å². The molecule has 0 atom stereocenters. The van der Waals surface area contributed by atoms with Crippen LogP contribution in [0.2, 0.25) is 0 Å². The first-order valence-corrected chi connectivity index (χ1v) is 8.25.